The first-order chi connectivity index (χ1) is 11.7. The van der Waals surface area contributed by atoms with Crippen molar-refractivity contribution in [3.8, 4) is 0 Å². The van der Waals surface area contributed by atoms with E-state index in [-0.39, 0.29) is 0 Å². The number of nitrogens with one attached hydrogen (secondary N) is 1. The Hall–Kier alpha value is -2.62. The van der Waals surface area contributed by atoms with E-state index in [4.69, 9.17) is 4.99 Å². The lowest BCUT2D eigenvalue weighted by Gasteiger charge is -2.24. The zero-order valence-corrected chi connectivity index (χ0v) is 16.3. The van der Waals surface area contributed by atoms with Crippen molar-refractivity contribution < 1.29 is 0 Å². The number of allylic oxidation sites excluding steroid dienone is 2. The van der Waals surface area contributed by atoms with Crippen molar-refractivity contribution in [2.24, 2.45) is 9.98 Å². The van der Waals surface area contributed by atoms with Gasteiger partial charge in [0.25, 0.3) is 0 Å². The van der Waals surface area contributed by atoms with Crippen LogP contribution in [0.2, 0.25) is 0 Å². The zero-order valence-electron chi connectivity index (χ0n) is 16.3. The molecule has 0 bridgehead atoms. The minimum atomic E-state index is -0.468. The number of anilines is 1. The summed E-state index contributed by atoms with van der Waals surface area (Å²) in [6, 6.07) is 6.33. The van der Waals surface area contributed by atoms with E-state index < -0.39 is 5.54 Å². The van der Waals surface area contributed by atoms with Crippen LogP contribution in [-0.2, 0) is 0 Å². The van der Waals surface area contributed by atoms with Crippen LogP contribution in [0.1, 0.15) is 31.9 Å². The van der Waals surface area contributed by atoms with Gasteiger partial charge in [-0.3, -0.25) is 9.98 Å². The average Bonchev–Trinajstić information content (AvgIpc) is 2.54. The van der Waals surface area contributed by atoms with Crippen LogP contribution in [0.3, 0.4) is 0 Å². The van der Waals surface area contributed by atoms with Crippen molar-refractivity contribution in [2.45, 2.75) is 33.2 Å². The number of aliphatic imine (C=N–C) groups is 2. The highest BCUT2D eigenvalue weighted by molar-refractivity contribution is 6.06. The minimum Gasteiger partial charge on any atom is -0.377 e. The van der Waals surface area contributed by atoms with Crippen LogP contribution in [0.15, 0.2) is 65.9 Å². The molecule has 0 saturated carbocycles. The summed E-state index contributed by atoms with van der Waals surface area (Å²) in [5.74, 6) is 0.773. The maximum Gasteiger partial charge on any atom is 0.135 e. The van der Waals surface area contributed by atoms with Gasteiger partial charge in [0, 0.05) is 37.3 Å². The Morgan fingerprint density at radius 1 is 1.24 bits per heavy atom. The predicted octanol–water partition coefficient (Wildman–Crippen LogP) is 4.48. The van der Waals surface area contributed by atoms with Gasteiger partial charge in [-0.05, 0) is 52.1 Å². The van der Waals surface area contributed by atoms with E-state index in [9.17, 15) is 0 Å². The molecule has 0 radical (unpaired) electrons. The monoisotopic (exact) mass is 338 g/mol. The lowest BCUT2D eigenvalue weighted by molar-refractivity contribution is 0.694. The molecule has 0 aromatic heterocycles. The van der Waals surface area contributed by atoms with E-state index >= 15 is 0 Å². The Kier molecular flexibility index (Phi) is 7.37. The predicted molar refractivity (Wildman–Crippen MR) is 112 cm³/mol. The maximum absolute atomic E-state index is 4.95. The van der Waals surface area contributed by atoms with E-state index in [1.54, 1.807) is 24.6 Å². The van der Waals surface area contributed by atoms with Gasteiger partial charge in [-0.25, -0.2) is 0 Å². The van der Waals surface area contributed by atoms with Gasteiger partial charge in [0.1, 0.15) is 5.84 Å². The first-order valence-corrected chi connectivity index (χ1v) is 8.31. The number of hydrogen-bond donors (Lipinski definition) is 1. The summed E-state index contributed by atoms with van der Waals surface area (Å²) in [7, 11) is 4.05. The van der Waals surface area contributed by atoms with Gasteiger partial charge >= 0.3 is 0 Å². The number of aryl methyl sites for hydroxylation is 1. The Morgan fingerprint density at radius 2 is 1.92 bits per heavy atom. The highest BCUT2D eigenvalue weighted by Crippen LogP contribution is 2.23. The van der Waals surface area contributed by atoms with Crippen molar-refractivity contribution >= 4 is 17.2 Å². The molecule has 1 aromatic rings. The summed E-state index contributed by atoms with van der Waals surface area (Å²) in [4.78, 5) is 11.5. The molecule has 0 saturated heterocycles. The van der Waals surface area contributed by atoms with E-state index in [1.807, 2.05) is 34.9 Å². The molecule has 1 rings (SSSR count). The van der Waals surface area contributed by atoms with Gasteiger partial charge in [0.2, 0.25) is 0 Å². The standard InChI is InChI=1S/C21H30N4/c1-9-11-14-23-17(4)21(5,6)24-20(22-10-2)18-15-16(3)12-13-19(18)25(7)8/h9-15H,1-2H2,3-8H3,(H,22,24)/b14-11-,23-17?. The molecular formula is C21H30N4. The fourth-order valence-electron chi connectivity index (χ4n) is 2.23. The summed E-state index contributed by atoms with van der Waals surface area (Å²) in [6.07, 6.45) is 6.89. The van der Waals surface area contributed by atoms with Crippen molar-refractivity contribution in [3.05, 3.63) is 67.0 Å². The van der Waals surface area contributed by atoms with E-state index in [2.05, 4.69) is 53.5 Å². The van der Waals surface area contributed by atoms with E-state index in [0.717, 1.165) is 22.8 Å². The largest absolute Gasteiger partial charge is 0.377 e. The van der Waals surface area contributed by atoms with Crippen LogP contribution < -0.4 is 10.2 Å². The second-order valence-electron chi connectivity index (χ2n) is 6.57. The molecule has 0 aliphatic heterocycles. The molecule has 0 amide bonds. The number of benzene rings is 1. The number of amidine groups is 1. The van der Waals surface area contributed by atoms with E-state index in [0.29, 0.717) is 0 Å². The van der Waals surface area contributed by atoms with Crippen LogP contribution >= 0.6 is 0 Å². The third-order valence-electron chi connectivity index (χ3n) is 3.89. The zero-order chi connectivity index (χ0) is 19.0. The Bertz CT molecular complexity index is 707. The molecule has 0 aliphatic rings. The molecule has 0 unspecified atom stereocenters. The number of hydrogen-bond acceptors (Lipinski definition) is 3. The van der Waals surface area contributed by atoms with Crippen LogP contribution in [-0.4, -0.2) is 31.2 Å². The van der Waals surface area contributed by atoms with Crippen LogP contribution in [0.5, 0.6) is 0 Å². The fraction of sp³-hybridized carbons (Fsp3) is 0.333. The highest BCUT2D eigenvalue weighted by Gasteiger charge is 2.22. The summed E-state index contributed by atoms with van der Waals surface area (Å²) >= 11 is 0. The van der Waals surface area contributed by atoms with Crippen molar-refractivity contribution in [3.63, 3.8) is 0 Å². The second kappa shape index (κ2) is 9.02. The van der Waals surface area contributed by atoms with Crippen molar-refractivity contribution in [2.75, 3.05) is 19.0 Å². The molecule has 0 heterocycles. The van der Waals surface area contributed by atoms with Gasteiger partial charge in [-0.15, -0.1) is 0 Å². The molecule has 0 atom stereocenters. The molecule has 134 valence electrons. The summed E-state index contributed by atoms with van der Waals surface area (Å²) in [5.41, 5.74) is 3.75. The third kappa shape index (κ3) is 5.75. The molecule has 0 aliphatic carbocycles. The molecule has 25 heavy (non-hydrogen) atoms. The highest BCUT2D eigenvalue weighted by atomic mass is 15.1. The third-order valence-corrected chi connectivity index (χ3v) is 3.89. The maximum atomic E-state index is 4.95. The van der Waals surface area contributed by atoms with E-state index in [1.165, 1.54) is 5.56 Å². The average molecular weight is 338 g/mol. The molecule has 1 N–H and O–H groups in total. The number of rotatable bonds is 7. The molecule has 0 fully saturated rings. The van der Waals surface area contributed by atoms with Crippen LogP contribution in [0, 0.1) is 6.92 Å². The normalized spacial score (nSPS) is 13.0. The summed E-state index contributed by atoms with van der Waals surface area (Å²) in [6.45, 7) is 15.6. The molecule has 0 spiro atoms. The molecule has 4 nitrogen and oxygen atoms in total. The fourth-order valence-corrected chi connectivity index (χ4v) is 2.23. The molecular weight excluding hydrogens is 308 g/mol. The van der Waals surface area contributed by atoms with Gasteiger partial charge in [-0.1, -0.05) is 30.9 Å². The number of nitrogens with zero attached hydrogens (tertiary/aromatic N) is 3. The summed E-state index contributed by atoms with van der Waals surface area (Å²) < 4.78 is 0. The Morgan fingerprint density at radius 3 is 2.48 bits per heavy atom. The quantitative estimate of drug-likeness (QED) is 0.452. The van der Waals surface area contributed by atoms with Gasteiger partial charge in [-0.2, -0.15) is 0 Å². The second-order valence-corrected chi connectivity index (χ2v) is 6.57. The molecule has 1 aromatic carbocycles. The minimum absolute atomic E-state index is 0.468. The molecule has 4 heteroatoms. The van der Waals surface area contributed by atoms with Crippen LogP contribution in [0.4, 0.5) is 5.69 Å². The SMILES string of the molecule is C=C/C=C\N=C(C)C(C)(C)N=C(NC=C)c1cc(C)ccc1N(C)C. The van der Waals surface area contributed by atoms with Gasteiger partial charge in [0.15, 0.2) is 0 Å². The topological polar surface area (TPSA) is 40.0 Å². The Balaban J connectivity index is 3.45. The lowest BCUT2D eigenvalue weighted by atomic mass is 9.99. The smallest absolute Gasteiger partial charge is 0.135 e. The van der Waals surface area contributed by atoms with Gasteiger partial charge in [0.05, 0.1) is 5.54 Å². The van der Waals surface area contributed by atoms with Crippen LogP contribution in [0.25, 0.3) is 0 Å². The summed E-state index contributed by atoms with van der Waals surface area (Å²) in [5, 5.41) is 3.20. The first kappa shape index (κ1) is 20.4. The van der Waals surface area contributed by atoms with Gasteiger partial charge < -0.3 is 10.2 Å². The first-order valence-electron chi connectivity index (χ1n) is 8.31. The lowest BCUT2D eigenvalue weighted by Crippen LogP contribution is -2.33. The Labute approximate surface area is 152 Å². The van der Waals surface area contributed by atoms with Crippen molar-refractivity contribution in [1.29, 1.82) is 0 Å². The van der Waals surface area contributed by atoms with Crippen molar-refractivity contribution in [1.82, 2.24) is 5.32 Å².